The number of aromatic nitrogens is 1. The Balaban J connectivity index is 2.57. The Kier molecular flexibility index (Phi) is 5.78. The van der Waals surface area contributed by atoms with Gasteiger partial charge < -0.3 is 14.6 Å². The summed E-state index contributed by atoms with van der Waals surface area (Å²) in [4.78, 5) is 26.1. The van der Waals surface area contributed by atoms with Crippen molar-refractivity contribution in [2.75, 3.05) is 13.2 Å². The fourth-order valence-electron chi connectivity index (χ4n) is 1.32. The van der Waals surface area contributed by atoms with Gasteiger partial charge in [0.15, 0.2) is 18.1 Å². The lowest BCUT2D eigenvalue weighted by Crippen LogP contribution is -2.17. The summed E-state index contributed by atoms with van der Waals surface area (Å²) in [6.45, 7) is 3.68. The molecule has 6 nitrogen and oxygen atoms in total. The number of pyridine rings is 1. The predicted octanol–water partition coefficient (Wildman–Crippen LogP) is 1.81. The number of carboxylic acids is 1. The maximum absolute atomic E-state index is 11.3. The quantitative estimate of drug-likeness (QED) is 0.599. The summed E-state index contributed by atoms with van der Waals surface area (Å²) in [5.74, 6) is -1.66. The molecule has 1 rings (SSSR count). The first-order valence-corrected chi connectivity index (χ1v) is 6.04. The molecule has 0 aliphatic carbocycles. The van der Waals surface area contributed by atoms with Crippen LogP contribution in [0.4, 0.5) is 0 Å². The van der Waals surface area contributed by atoms with Gasteiger partial charge in [-0.2, -0.15) is 0 Å². The molecular formula is C13H17NO5. The van der Waals surface area contributed by atoms with E-state index in [0.29, 0.717) is 12.3 Å². The van der Waals surface area contributed by atoms with Crippen molar-refractivity contribution in [3.63, 3.8) is 0 Å². The van der Waals surface area contributed by atoms with Crippen LogP contribution >= 0.6 is 0 Å². The second-order valence-electron chi connectivity index (χ2n) is 3.97. The summed E-state index contributed by atoms with van der Waals surface area (Å²) in [5.41, 5.74) is 0.358. The van der Waals surface area contributed by atoms with E-state index in [4.69, 9.17) is 14.6 Å². The van der Waals surface area contributed by atoms with E-state index in [2.05, 4.69) is 4.98 Å². The molecule has 0 saturated heterocycles. The normalized spacial score (nSPS) is 10.0. The van der Waals surface area contributed by atoms with Crippen LogP contribution in [0.1, 0.15) is 35.9 Å². The second kappa shape index (κ2) is 7.35. The molecule has 19 heavy (non-hydrogen) atoms. The number of ether oxygens (including phenoxy) is 2. The number of unbranched alkanes of at least 4 members (excludes halogenated alkanes) is 1. The van der Waals surface area contributed by atoms with E-state index in [1.165, 1.54) is 6.07 Å². The van der Waals surface area contributed by atoms with E-state index in [9.17, 15) is 9.59 Å². The van der Waals surface area contributed by atoms with Crippen LogP contribution in [0.2, 0.25) is 0 Å². The highest BCUT2D eigenvalue weighted by atomic mass is 16.6. The van der Waals surface area contributed by atoms with Crippen LogP contribution in [0, 0.1) is 6.92 Å². The van der Waals surface area contributed by atoms with Gasteiger partial charge in [-0.3, -0.25) is 0 Å². The molecule has 0 saturated carbocycles. The number of aryl methyl sites for hydroxylation is 1. The van der Waals surface area contributed by atoms with Gasteiger partial charge in [-0.25, -0.2) is 14.6 Å². The lowest BCUT2D eigenvalue weighted by atomic mass is 10.3. The van der Waals surface area contributed by atoms with Crippen molar-refractivity contribution < 1.29 is 24.2 Å². The molecule has 0 radical (unpaired) electrons. The number of nitrogens with zero attached hydrogens (tertiary/aromatic N) is 1. The number of rotatable bonds is 7. The summed E-state index contributed by atoms with van der Waals surface area (Å²) < 4.78 is 10.0. The summed E-state index contributed by atoms with van der Waals surface area (Å²) in [5, 5.41) is 8.97. The van der Waals surface area contributed by atoms with E-state index in [1.54, 1.807) is 13.0 Å². The van der Waals surface area contributed by atoms with E-state index >= 15 is 0 Å². The van der Waals surface area contributed by atoms with E-state index in [0.717, 1.165) is 12.8 Å². The van der Waals surface area contributed by atoms with Crippen LogP contribution < -0.4 is 4.74 Å². The minimum absolute atomic E-state index is 0.0607. The average Bonchev–Trinajstić information content (AvgIpc) is 2.37. The summed E-state index contributed by atoms with van der Waals surface area (Å²) in [6.07, 6.45) is 1.72. The number of carbonyl (C=O) groups is 2. The highest BCUT2D eigenvalue weighted by Crippen LogP contribution is 2.16. The van der Waals surface area contributed by atoms with Gasteiger partial charge in [0.05, 0.1) is 6.61 Å². The maximum atomic E-state index is 11.3. The minimum atomic E-state index is -1.20. The SMILES string of the molecule is CCCCOC(=O)COc1ccc(C)nc1C(=O)O. The zero-order valence-electron chi connectivity index (χ0n) is 11.0. The molecule has 6 heteroatoms. The monoisotopic (exact) mass is 267 g/mol. The molecule has 0 atom stereocenters. The zero-order chi connectivity index (χ0) is 14.3. The first kappa shape index (κ1) is 14.9. The van der Waals surface area contributed by atoms with Crippen LogP contribution in [0.5, 0.6) is 5.75 Å². The minimum Gasteiger partial charge on any atom is -0.479 e. The molecule has 0 bridgehead atoms. The highest BCUT2D eigenvalue weighted by molar-refractivity contribution is 5.88. The molecule has 0 aliphatic heterocycles. The third kappa shape index (κ3) is 4.95. The van der Waals surface area contributed by atoms with Gasteiger partial charge in [0, 0.05) is 5.69 Å². The summed E-state index contributed by atoms with van der Waals surface area (Å²) >= 11 is 0. The highest BCUT2D eigenvalue weighted by Gasteiger charge is 2.15. The predicted molar refractivity (Wildman–Crippen MR) is 67.3 cm³/mol. The number of hydrogen-bond acceptors (Lipinski definition) is 5. The number of aromatic carboxylic acids is 1. The largest absolute Gasteiger partial charge is 0.479 e. The number of carboxylic acid groups (broad SMARTS) is 1. The van der Waals surface area contributed by atoms with Crippen molar-refractivity contribution >= 4 is 11.9 Å². The zero-order valence-corrected chi connectivity index (χ0v) is 11.0. The Morgan fingerprint density at radius 1 is 1.37 bits per heavy atom. The second-order valence-corrected chi connectivity index (χ2v) is 3.97. The number of carbonyl (C=O) groups excluding carboxylic acids is 1. The lowest BCUT2D eigenvalue weighted by molar-refractivity contribution is -0.146. The maximum Gasteiger partial charge on any atom is 0.358 e. The molecule has 0 aromatic carbocycles. The molecule has 0 fully saturated rings. The van der Waals surface area contributed by atoms with Crippen molar-refractivity contribution in [1.29, 1.82) is 0 Å². The topological polar surface area (TPSA) is 85.7 Å². The third-order valence-corrected chi connectivity index (χ3v) is 2.31. The van der Waals surface area contributed by atoms with Crippen molar-refractivity contribution in [1.82, 2.24) is 4.98 Å². The van der Waals surface area contributed by atoms with E-state index < -0.39 is 11.9 Å². The van der Waals surface area contributed by atoms with Crippen LogP contribution in [0.3, 0.4) is 0 Å². The van der Waals surface area contributed by atoms with Gasteiger partial charge in [-0.05, 0) is 25.5 Å². The molecular weight excluding hydrogens is 250 g/mol. The van der Waals surface area contributed by atoms with Crippen LogP contribution in [0.25, 0.3) is 0 Å². The van der Waals surface area contributed by atoms with Gasteiger partial charge in [-0.1, -0.05) is 13.3 Å². The number of hydrogen-bond donors (Lipinski definition) is 1. The van der Waals surface area contributed by atoms with Crippen LogP contribution in [-0.2, 0) is 9.53 Å². The summed E-state index contributed by atoms with van der Waals surface area (Å²) in [6, 6.07) is 3.09. The molecule has 1 N–H and O–H groups in total. The van der Waals surface area contributed by atoms with E-state index in [1.807, 2.05) is 6.92 Å². The lowest BCUT2D eigenvalue weighted by Gasteiger charge is -2.09. The first-order chi connectivity index (χ1) is 9.04. The van der Waals surface area contributed by atoms with Crippen LogP contribution in [-0.4, -0.2) is 35.2 Å². The van der Waals surface area contributed by atoms with Crippen molar-refractivity contribution in [3.8, 4) is 5.75 Å². The standard InChI is InChI=1S/C13H17NO5/c1-3-4-7-18-11(15)8-19-10-6-5-9(2)14-12(10)13(16)17/h5-6H,3-4,7-8H2,1-2H3,(H,16,17). The van der Waals surface area contributed by atoms with Gasteiger partial charge in [0.1, 0.15) is 0 Å². The fourth-order valence-corrected chi connectivity index (χ4v) is 1.32. The molecule has 0 aliphatic rings. The molecule has 0 spiro atoms. The molecule has 0 unspecified atom stereocenters. The summed E-state index contributed by atoms with van der Waals surface area (Å²) in [7, 11) is 0. The Bertz CT molecular complexity index is 458. The average molecular weight is 267 g/mol. The molecule has 104 valence electrons. The molecule has 1 aromatic heterocycles. The van der Waals surface area contributed by atoms with Gasteiger partial charge in [-0.15, -0.1) is 0 Å². The fraction of sp³-hybridized carbons (Fsp3) is 0.462. The number of esters is 1. The van der Waals surface area contributed by atoms with Crippen molar-refractivity contribution in [2.45, 2.75) is 26.7 Å². The molecule has 1 aromatic rings. The van der Waals surface area contributed by atoms with Crippen molar-refractivity contribution in [3.05, 3.63) is 23.5 Å². The van der Waals surface area contributed by atoms with Gasteiger partial charge >= 0.3 is 11.9 Å². The molecule has 1 heterocycles. The Hall–Kier alpha value is -2.11. The smallest absolute Gasteiger partial charge is 0.358 e. The molecule has 0 amide bonds. The Morgan fingerprint density at radius 2 is 2.11 bits per heavy atom. The Labute approximate surface area is 111 Å². The van der Waals surface area contributed by atoms with Gasteiger partial charge in [0.2, 0.25) is 0 Å². The van der Waals surface area contributed by atoms with Crippen molar-refractivity contribution in [2.24, 2.45) is 0 Å². The first-order valence-electron chi connectivity index (χ1n) is 6.04. The Morgan fingerprint density at radius 3 is 2.74 bits per heavy atom. The van der Waals surface area contributed by atoms with E-state index in [-0.39, 0.29) is 18.1 Å². The third-order valence-electron chi connectivity index (χ3n) is 2.31. The van der Waals surface area contributed by atoms with Gasteiger partial charge in [0.25, 0.3) is 0 Å². The van der Waals surface area contributed by atoms with Crippen LogP contribution in [0.15, 0.2) is 12.1 Å².